The minimum atomic E-state index is -0.405. The van der Waals surface area contributed by atoms with Crippen LogP contribution in [0.4, 0.5) is 0 Å². The summed E-state index contributed by atoms with van der Waals surface area (Å²) < 4.78 is 0. The van der Waals surface area contributed by atoms with E-state index in [4.69, 9.17) is 0 Å². The van der Waals surface area contributed by atoms with E-state index in [2.05, 4.69) is 0 Å². The number of carbonyl (C=O) groups is 2. The average molecular weight is 256 g/mol. The number of carbonyl (C=O) groups excluding carboxylic acids is 2. The first-order valence-electron chi connectivity index (χ1n) is 7.26. The molecule has 0 saturated heterocycles. The third kappa shape index (κ3) is 2.24. The Morgan fingerprint density at radius 2 is 1.84 bits per heavy atom. The molecule has 0 spiro atoms. The monoisotopic (exact) mass is 256 g/mol. The largest absolute Gasteiger partial charge is 0.299 e. The standard InChI is InChI=1S/C17H20O2/c1-11(18)16(15-10-12-7-8-14(15)9-12)17(19)13-5-3-2-4-6-13/h2-6,12,14-16H,7-10H2,1H3/t12-,14+,15?,16?/m1/s1. The van der Waals surface area contributed by atoms with Crippen LogP contribution in [0.3, 0.4) is 0 Å². The van der Waals surface area contributed by atoms with Gasteiger partial charge >= 0.3 is 0 Å². The lowest BCUT2D eigenvalue weighted by atomic mass is 9.74. The molecule has 2 unspecified atom stereocenters. The summed E-state index contributed by atoms with van der Waals surface area (Å²) in [5.74, 6) is 1.34. The Balaban J connectivity index is 1.86. The summed E-state index contributed by atoms with van der Waals surface area (Å²) in [6, 6.07) is 9.28. The van der Waals surface area contributed by atoms with Crippen molar-refractivity contribution in [2.45, 2.75) is 32.6 Å². The summed E-state index contributed by atoms with van der Waals surface area (Å²) in [6.07, 6.45) is 4.82. The highest BCUT2D eigenvalue weighted by Crippen LogP contribution is 2.51. The smallest absolute Gasteiger partial charge is 0.173 e. The number of ketones is 2. The molecule has 4 atom stereocenters. The Hall–Kier alpha value is -1.44. The van der Waals surface area contributed by atoms with E-state index in [1.807, 2.05) is 30.3 Å². The molecule has 2 aliphatic rings. The van der Waals surface area contributed by atoms with Crippen LogP contribution in [0.5, 0.6) is 0 Å². The van der Waals surface area contributed by atoms with Crippen LogP contribution in [0.2, 0.25) is 0 Å². The first-order valence-corrected chi connectivity index (χ1v) is 7.26. The van der Waals surface area contributed by atoms with Crippen molar-refractivity contribution in [1.82, 2.24) is 0 Å². The van der Waals surface area contributed by atoms with Crippen molar-refractivity contribution < 1.29 is 9.59 Å². The van der Waals surface area contributed by atoms with Gasteiger partial charge in [0.05, 0.1) is 5.92 Å². The molecule has 1 aromatic carbocycles. The SMILES string of the molecule is CC(=O)C(C(=O)c1ccccc1)C1C[C@@H]2CC[C@H]1C2. The molecule has 100 valence electrons. The summed E-state index contributed by atoms with van der Waals surface area (Å²) in [5, 5.41) is 0. The molecule has 3 rings (SSSR count). The fourth-order valence-corrected chi connectivity index (χ4v) is 4.16. The lowest BCUT2D eigenvalue weighted by molar-refractivity contribution is -0.121. The van der Waals surface area contributed by atoms with E-state index in [-0.39, 0.29) is 11.6 Å². The molecular weight excluding hydrogens is 236 g/mol. The van der Waals surface area contributed by atoms with Crippen molar-refractivity contribution in [3.8, 4) is 0 Å². The average Bonchev–Trinajstić information content (AvgIpc) is 3.02. The van der Waals surface area contributed by atoms with E-state index in [1.165, 1.54) is 19.3 Å². The Morgan fingerprint density at radius 1 is 1.11 bits per heavy atom. The maximum Gasteiger partial charge on any atom is 0.173 e. The minimum absolute atomic E-state index is 0.0330. The molecule has 0 radical (unpaired) electrons. The van der Waals surface area contributed by atoms with Crippen LogP contribution in [-0.2, 0) is 4.79 Å². The third-order valence-corrected chi connectivity index (χ3v) is 5.00. The Labute approximate surface area is 114 Å². The van der Waals surface area contributed by atoms with Crippen molar-refractivity contribution in [2.75, 3.05) is 0 Å². The zero-order chi connectivity index (χ0) is 13.4. The second-order valence-corrected chi connectivity index (χ2v) is 6.16. The highest BCUT2D eigenvalue weighted by Gasteiger charge is 2.46. The van der Waals surface area contributed by atoms with Gasteiger partial charge in [0.25, 0.3) is 0 Å². The van der Waals surface area contributed by atoms with Gasteiger partial charge in [-0.25, -0.2) is 0 Å². The van der Waals surface area contributed by atoms with E-state index in [0.29, 0.717) is 17.4 Å². The van der Waals surface area contributed by atoms with E-state index < -0.39 is 5.92 Å². The zero-order valence-electron chi connectivity index (χ0n) is 11.3. The van der Waals surface area contributed by atoms with Gasteiger partial charge in [-0.3, -0.25) is 9.59 Å². The molecule has 2 aliphatic carbocycles. The molecule has 0 N–H and O–H groups in total. The van der Waals surface area contributed by atoms with Gasteiger partial charge in [-0.15, -0.1) is 0 Å². The second kappa shape index (κ2) is 4.92. The molecule has 2 heteroatoms. The molecule has 2 saturated carbocycles. The Kier molecular flexibility index (Phi) is 3.26. The van der Waals surface area contributed by atoms with Gasteiger partial charge in [0.15, 0.2) is 5.78 Å². The third-order valence-electron chi connectivity index (χ3n) is 5.00. The van der Waals surface area contributed by atoms with Gasteiger partial charge in [-0.1, -0.05) is 36.8 Å². The first kappa shape index (κ1) is 12.6. The number of Topliss-reactive ketones (excluding diaryl/α,β-unsaturated/α-hetero) is 2. The molecule has 1 aromatic rings. The number of hydrogen-bond acceptors (Lipinski definition) is 2. The summed E-state index contributed by atoms with van der Waals surface area (Å²) in [4.78, 5) is 24.6. The van der Waals surface area contributed by atoms with E-state index in [1.54, 1.807) is 6.92 Å². The predicted molar refractivity (Wildman–Crippen MR) is 73.9 cm³/mol. The lowest BCUT2D eigenvalue weighted by Crippen LogP contribution is -2.33. The van der Waals surface area contributed by atoms with E-state index in [9.17, 15) is 9.59 Å². The van der Waals surface area contributed by atoms with Crippen LogP contribution in [0.1, 0.15) is 43.0 Å². The quantitative estimate of drug-likeness (QED) is 0.610. The van der Waals surface area contributed by atoms with E-state index >= 15 is 0 Å². The normalized spacial score (nSPS) is 30.3. The van der Waals surface area contributed by atoms with Crippen LogP contribution in [0, 0.1) is 23.7 Å². The fraction of sp³-hybridized carbons (Fsp3) is 0.529. The van der Waals surface area contributed by atoms with Crippen LogP contribution >= 0.6 is 0 Å². The number of hydrogen-bond donors (Lipinski definition) is 0. The minimum Gasteiger partial charge on any atom is -0.299 e. The van der Waals surface area contributed by atoms with Gasteiger partial charge in [0.2, 0.25) is 0 Å². The van der Waals surface area contributed by atoms with Gasteiger partial charge in [0, 0.05) is 5.56 Å². The summed E-state index contributed by atoms with van der Waals surface area (Å²) >= 11 is 0. The molecule has 0 aromatic heterocycles. The summed E-state index contributed by atoms with van der Waals surface area (Å²) in [5.41, 5.74) is 0.686. The molecular formula is C17H20O2. The highest BCUT2D eigenvalue weighted by atomic mass is 16.1. The summed E-state index contributed by atoms with van der Waals surface area (Å²) in [7, 11) is 0. The van der Waals surface area contributed by atoms with Crippen LogP contribution in [-0.4, -0.2) is 11.6 Å². The number of rotatable bonds is 4. The predicted octanol–water partition coefficient (Wildman–Crippen LogP) is 3.51. The maximum absolute atomic E-state index is 12.6. The fourth-order valence-electron chi connectivity index (χ4n) is 4.16. The topological polar surface area (TPSA) is 34.1 Å². The van der Waals surface area contributed by atoms with Gasteiger partial charge in [-0.05, 0) is 43.9 Å². The Bertz CT molecular complexity index is 491. The molecule has 0 aliphatic heterocycles. The molecule has 19 heavy (non-hydrogen) atoms. The zero-order valence-corrected chi connectivity index (χ0v) is 11.3. The van der Waals surface area contributed by atoms with Gasteiger partial charge < -0.3 is 0 Å². The van der Waals surface area contributed by atoms with Crippen LogP contribution in [0.25, 0.3) is 0 Å². The van der Waals surface area contributed by atoms with Crippen molar-refractivity contribution in [3.05, 3.63) is 35.9 Å². The number of fused-ring (bicyclic) bond motifs is 2. The molecule has 2 bridgehead atoms. The summed E-state index contributed by atoms with van der Waals surface area (Å²) in [6.45, 7) is 1.58. The van der Waals surface area contributed by atoms with Crippen molar-refractivity contribution in [3.63, 3.8) is 0 Å². The van der Waals surface area contributed by atoms with Gasteiger partial charge in [0.1, 0.15) is 5.78 Å². The lowest BCUT2D eigenvalue weighted by Gasteiger charge is -2.27. The highest BCUT2D eigenvalue weighted by molar-refractivity contribution is 6.10. The van der Waals surface area contributed by atoms with Crippen molar-refractivity contribution in [1.29, 1.82) is 0 Å². The molecule has 0 amide bonds. The number of benzene rings is 1. The molecule has 0 heterocycles. The van der Waals surface area contributed by atoms with Crippen molar-refractivity contribution in [2.24, 2.45) is 23.7 Å². The van der Waals surface area contributed by atoms with Crippen LogP contribution in [0.15, 0.2) is 30.3 Å². The second-order valence-electron chi connectivity index (χ2n) is 6.16. The van der Waals surface area contributed by atoms with E-state index in [0.717, 1.165) is 12.3 Å². The molecule has 2 fully saturated rings. The van der Waals surface area contributed by atoms with Crippen LogP contribution < -0.4 is 0 Å². The maximum atomic E-state index is 12.6. The molecule has 2 nitrogen and oxygen atoms in total. The van der Waals surface area contributed by atoms with Gasteiger partial charge in [-0.2, -0.15) is 0 Å². The van der Waals surface area contributed by atoms with Crippen molar-refractivity contribution >= 4 is 11.6 Å². The Morgan fingerprint density at radius 3 is 2.37 bits per heavy atom. The first-order chi connectivity index (χ1) is 9.16.